The first kappa shape index (κ1) is 11.1. The number of rotatable bonds is 2. The van der Waals surface area contributed by atoms with Gasteiger partial charge in [-0.15, -0.1) is 0 Å². The molecule has 1 aliphatic heterocycles. The van der Waals surface area contributed by atoms with Crippen molar-refractivity contribution in [3.05, 3.63) is 12.4 Å². The standard InChI is InChI=1S/C12H14N4O2/c1-8-12(4-3-5-12)11(17)16(15-8)9-10(18-2)14-7-6-13-9/h6-7H,3-5H2,1-2H3. The van der Waals surface area contributed by atoms with Gasteiger partial charge in [-0.05, 0) is 19.8 Å². The number of hydrazone groups is 1. The molecule has 0 saturated heterocycles. The summed E-state index contributed by atoms with van der Waals surface area (Å²) in [6.45, 7) is 1.90. The second kappa shape index (κ2) is 3.76. The van der Waals surface area contributed by atoms with Crippen LogP contribution in [-0.2, 0) is 4.79 Å². The zero-order valence-electron chi connectivity index (χ0n) is 10.4. The average molecular weight is 246 g/mol. The van der Waals surface area contributed by atoms with Crippen molar-refractivity contribution in [1.29, 1.82) is 0 Å². The summed E-state index contributed by atoms with van der Waals surface area (Å²) < 4.78 is 5.12. The lowest BCUT2D eigenvalue weighted by atomic mass is 9.66. The number of hydrogen-bond acceptors (Lipinski definition) is 5. The number of ether oxygens (including phenoxy) is 1. The SMILES string of the molecule is COc1nccnc1N1N=C(C)C2(CCC2)C1=O. The molecule has 1 fully saturated rings. The molecule has 3 rings (SSSR count). The second-order valence-electron chi connectivity index (χ2n) is 4.63. The van der Waals surface area contributed by atoms with Crippen LogP contribution < -0.4 is 9.75 Å². The molecule has 0 radical (unpaired) electrons. The van der Waals surface area contributed by atoms with E-state index in [1.807, 2.05) is 6.92 Å². The van der Waals surface area contributed by atoms with Crippen LogP contribution in [0.2, 0.25) is 0 Å². The molecular formula is C12H14N4O2. The lowest BCUT2D eigenvalue weighted by Crippen LogP contribution is -2.44. The highest BCUT2D eigenvalue weighted by molar-refractivity contribution is 6.19. The molecule has 1 amide bonds. The predicted molar refractivity (Wildman–Crippen MR) is 65.5 cm³/mol. The number of carbonyl (C=O) groups excluding carboxylic acids is 1. The van der Waals surface area contributed by atoms with Gasteiger partial charge in [0.05, 0.1) is 18.2 Å². The van der Waals surface area contributed by atoms with Crippen LogP contribution in [0.5, 0.6) is 5.88 Å². The van der Waals surface area contributed by atoms with Gasteiger partial charge >= 0.3 is 0 Å². The van der Waals surface area contributed by atoms with Crippen LogP contribution in [0.1, 0.15) is 26.2 Å². The molecule has 0 bridgehead atoms. The Labute approximate surface area is 105 Å². The Hall–Kier alpha value is -1.98. The third kappa shape index (κ3) is 1.28. The monoisotopic (exact) mass is 246 g/mol. The van der Waals surface area contributed by atoms with Crippen molar-refractivity contribution in [3.63, 3.8) is 0 Å². The molecule has 0 unspecified atom stereocenters. The first-order chi connectivity index (χ1) is 8.69. The van der Waals surface area contributed by atoms with E-state index >= 15 is 0 Å². The van der Waals surface area contributed by atoms with Gasteiger partial charge in [-0.25, -0.2) is 9.97 Å². The van der Waals surface area contributed by atoms with Gasteiger partial charge in [0.2, 0.25) is 5.82 Å². The topological polar surface area (TPSA) is 67.7 Å². The fraction of sp³-hybridized carbons (Fsp3) is 0.500. The number of hydrogen-bond donors (Lipinski definition) is 0. The van der Waals surface area contributed by atoms with Crippen LogP contribution in [0.4, 0.5) is 5.82 Å². The molecule has 94 valence electrons. The number of aromatic nitrogens is 2. The normalized spacial score (nSPS) is 20.9. The van der Waals surface area contributed by atoms with Crippen molar-refractivity contribution in [2.45, 2.75) is 26.2 Å². The molecule has 2 heterocycles. The van der Waals surface area contributed by atoms with E-state index in [0.29, 0.717) is 11.7 Å². The molecule has 1 saturated carbocycles. The molecule has 1 aromatic heterocycles. The van der Waals surface area contributed by atoms with Crippen LogP contribution in [0.25, 0.3) is 0 Å². The lowest BCUT2D eigenvalue weighted by molar-refractivity contribution is -0.127. The van der Waals surface area contributed by atoms with Crippen molar-refractivity contribution < 1.29 is 9.53 Å². The van der Waals surface area contributed by atoms with Crippen LogP contribution in [0, 0.1) is 5.41 Å². The van der Waals surface area contributed by atoms with Crippen molar-refractivity contribution in [2.24, 2.45) is 10.5 Å². The van der Waals surface area contributed by atoms with E-state index in [9.17, 15) is 4.79 Å². The number of anilines is 1. The maximum atomic E-state index is 12.5. The highest BCUT2D eigenvalue weighted by Gasteiger charge is 2.54. The Bertz CT molecular complexity index is 537. The highest BCUT2D eigenvalue weighted by Crippen LogP contribution is 2.48. The maximum absolute atomic E-state index is 12.5. The van der Waals surface area contributed by atoms with E-state index < -0.39 is 0 Å². The molecule has 1 aromatic rings. The fourth-order valence-electron chi connectivity index (χ4n) is 2.51. The molecule has 6 heteroatoms. The summed E-state index contributed by atoms with van der Waals surface area (Å²) in [7, 11) is 1.50. The Morgan fingerprint density at radius 3 is 2.61 bits per heavy atom. The summed E-state index contributed by atoms with van der Waals surface area (Å²) in [6.07, 6.45) is 5.88. The van der Waals surface area contributed by atoms with Gasteiger partial charge in [0.15, 0.2) is 0 Å². The highest BCUT2D eigenvalue weighted by atomic mass is 16.5. The summed E-state index contributed by atoms with van der Waals surface area (Å²) >= 11 is 0. The smallest absolute Gasteiger partial charge is 0.260 e. The van der Waals surface area contributed by atoms with E-state index in [-0.39, 0.29) is 11.3 Å². The molecule has 0 aromatic carbocycles. The molecule has 0 atom stereocenters. The molecule has 2 aliphatic rings. The summed E-state index contributed by atoms with van der Waals surface area (Å²) in [6, 6.07) is 0. The zero-order chi connectivity index (χ0) is 12.8. The summed E-state index contributed by atoms with van der Waals surface area (Å²) in [5, 5.41) is 5.68. The first-order valence-corrected chi connectivity index (χ1v) is 5.94. The van der Waals surface area contributed by atoms with E-state index in [0.717, 1.165) is 25.0 Å². The van der Waals surface area contributed by atoms with Crippen molar-refractivity contribution in [3.8, 4) is 5.88 Å². The number of amides is 1. The van der Waals surface area contributed by atoms with E-state index in [4.69, 9.17) is 4.74 Å². The Morgan fingerprint density at radius 1 is 1.33 bits per heavy atom. The van der Waals surface area contributed by atoms with E-state index in [1.165, 1.54) is 24.5 Å². The third-order valence-corrected chi connectivity index (χ3v) is 3.79. The molecule has 6 nitrogen and oxygen atoms in total. The van der Waals surface area contributed by atoms with Crippen LogP contribution in [0.3, 0.4) is 0 Å². The Balaban J connectivity index is 2.02. The lowest BCUT2D eigenvalue weighted by Gasteiger charge is -2.36. The summed E-state index contributed by atoms with van der Waals surface area (Å²) in [5.41, 5.74) is 0.481. The quantitative estimate of drug-likeness (QED) is 0.790. The van der Waals surface area contributed by atoms with Crippen molar-refractivity contribution >= 4 is 17.4 Å². The van der Waals surface area contributed by atoms with Crippen LogP contribution in [0.15, 0.2) is 17.5 Å². The minimum absolute atomic E-state index is 0.00921. The van der Waals surface area contributed by atoms with E-state index in [1.54, 1.807) is 0 Å². The number of methoxy groups -OCH3 is 1. The van der Waals surface area contributed by atoms with Crippen LogP contribution >= 0.6 is 0 Å². The summed E-state index contributed by atoms with van der Waals surface area (Å²) in [5.74, 6) is 0.678. The molecule has 18 heavy (non-hydrogen) atoms. The van der Waals surface area contributed by atoms with Crippen molar-refractivity contribution in [2.75, 3.05) is 12.1 Å². The second-order valence-corrected chi connectivity index (χ2v) is 4.63. The van der Waals surface area contributed by atoms with Gasteiger partial charge < -0.3 is 4.74 Å². The minimum atomic E-state index is -0.386. The average Bonchev–Trinajstić information content (AvgIpc) is 2.60. The fourth-order valence-corrected chi connectivity index (χ4v) is 2.51. The van der Waals surface area contributed by atoms with Crippen LogP contribution in [-0.4, -0.2) is 28.7 Å². The molecule has 1 spiro atoms. The zero-order valence-corrected chi connectivity index (χ0v) is 10.4. The predicted octanol–water partition coefficient (Wildman–Crippen LogP) is 1.38. The maximum Gasteiger partial charge on any atom is 0.260 e. The minimum Gasteiger partial charge on any atom is -0.478 e. The van der Waals surface area contributed by atoms with Gasteiger partial charge in [0, 0.05) is 12.4 Å². The number of carbonyl (C=O) groups is 1. The van der Waals surface area contributed by atoms with E-state index in [2.05, 4.69) is 15.1 Å². The van der Waals surface area contributed by atoms with Crippen molar-refractivity contribution in [1.82, 2.24) is 9.97 Å². The third-order valence-electron chi connectivity index (χ3n) is 3.79. The van der Waals surface area contributed by atoms with Gasteiger partial charge in [0.1, 0.15) is 0 Å². The molecular weight excluding hydrogens is 232 g/mol. The Morgan fingerprint density at radius 2 is 2.06 bits per heavy atom. The summed E-state index contributed by atoms with van der Waals surface area (Å²) in [4.78, 5) is 20.7. The largest absolute Gasteiger partial charge is 0.478 e. The first-order valence-electron chi connectivity index (χ1n) is 5.94. The molecule has 0 N–H and O–H groups in total. The Kier molecular flexibility index (Phi) is 2.33. The van der Waals surface area contributed by atoms with Gasteiger partial charge in [-0.3, -0.25) is 4.79 Å². The van der Waals surface area contributed by atoms with Gasteiger partial charge in [-0.1, -0.05) is 6.42 Å². The van der Waals surface area contributed by atoms with Gasteiger partial charge in [0.25, 0.3) is 11.8 Å². The van der Waals surface area contributed by atoms with Gasteiger partial charge in [-0.2, -0.15) is 10.1 Å². The molecule has 1 aliphatic carbocycles. The number of nitrogens with zero attached hydrogens (tertiary/aromatic N) is 4.